The van der Waals surface area contributed by atoms with E-state index in [9.17, 15) is 12.8 Å². The predicted molar refractivity (Wildman–Crippen MR) is 66.1 cm³/mol. The van der Waals surface area contributed by atoms with E-state index < -0.39 is 15.8 Å². The Kier molecular flexibility index (Phi) is 4.91. The van der Waals surface area contributed by atoms with Gasteiger partial charge < -0.3 is 0 Å². The second-order valence-corrected chi connectivity index (χ2v) is 6.01. The summed E-state index contributed by atoms with van der Waals surface area (Å²) >= 11 is 5.55. The van der Waals surface area contributed by atoms with Crippen LogP contribution in [-0.2, 0) is 15.9 Å². The molecule has 0 aliphatic heterocycles. The summed E-state index contributed by atoms with van der Waals surface area (Å²) in [4.78, 5) is -0.303. The molecule has 0 heterocycles. The molecule has 0 spiro atoms. The van der Waals surface area contributed by atoms with Gasteiger partial charge in [0.1, 0.15) is 10.7 Å². The lowest BCUT2D eigenvalue weighted by atomic mass is 10.2. The average Bonchev–Trinajstić information content (AvgIpc) is 2.28. The van der Waals surface area contributed by atoms with Crippen LogP contribution in [0, 0.1) is 5.82 Å². The van der Waals surface area contributed by atoms with E-state index in [4.69, 9.17) is 11.6 Å². The molecule has 0 aromatic heterocycles. The molecule has 0 N–H and O–H groups in total. The normalized spacial score (nSPS) is 12.1. The van der Waals surface area contributed by atoms with Crippen LogP contribution in [0.1, 0.15) is 18.9 Å². The van der Waals surface area contributed by atoms with Crippen LogP contribution in [0.2, 0.25) is 0 Å². The van der Waals surface area contributed by atoms with Crippen LogP contribution in [0.15, 0.2) is 23.1 Å². The maximum atomic E-state index is 13.7. The summed E-state index contributed by atoms with van der Waals surface area (Å²) in [5, 5.41) is 0. The van der Waals surface area contributed by atoms with E-state index in [0.717, 1.165) is 10.4 Å². The monoisotopic (exact) mass is 279 g/mol. The van der Waals surface area contributed by atoms with Crippen LogP contribution in [0.25, 0.3) is 0 Å². The largest absolute Gasteiger partial charge is 0.245 e. The van der Waals surface area contributed by atoms with Crippen molar-refractivity contribution in [3.05, 3.63) is 29.6 Å². The summed E-state index contributed by atoms with van der Waals surface area (Å²) in [6.07, 6.45) is 0.678. The fraction of sp³-hybridized carbons (Fsp3) is 0.455. The Morgan fingerprint density at radius 2 is 2.06 bits per heavy atom. The van der Waals surface area contributed by atoms with Crippen LogP contribution < -0.4 is 0 Å². The first-order chi connectivity index (χ1) is 7.93. The average molecular weight is 280 g/mol. The van der Waals surface area contributed by atoms with Crippen molar-refractivity contribution in [1.29, 1.82) is 0 Å². The minimum atomic E-state index is -3.74. The summed E-state index contributed by atoms with van der Waals surface area (Å²) in [5.41, 5.74) is 0.557. The summed E-state index contributed by atoms with van der Waals surface area (Å²) < 4.78 is 38.8. The lowest BCUT2D eigenvalue weighted by Gasteiger charge is -2.16. The Morgan fingerprint density at radius 3 is 2.53 bits per heavy atom. The summed E-state index contributed by atoms with van der Waals surface area (Å²) in [6.45, 7) is 2.22. The number of halogens is 2. The van der Waals surface area contributed by atoms with Crippen LogP contribution in [0.3, 0.4) is 0 Å². The lowest BCUT2D eigenvalue weighted by molar-refractivity contribution is 0.461. The van der Waals surface area contributed by atoms with Gasteiger partial charge >= 0.3 is 0 Å². The molecule has 0 unspecified atom stereocenters. The summed E-state index contributed by atoms with van der Waals surface area (Å²) in [5.74, 6) is -0.603. The number of sulfonamides is 1. The van der Waals surface area contributed by atoms with Gasteiger partial charge in [-0.1, -0.05) is 13.0 Å². The molecule has 1 aromatic rings. The number of alkyl halides is 1. The molecule has 1 aromatic carbocycles. The van der Waals surface area contributed by atoms with Gasteiger partial charge in [-0.15, -0.1) is 11.6 Å². The highest BCUT2D eigenvalue weighted by Gasteiger charge is 2.23. The highest BCUT2D eigenvalue weighted by atomic mass is 35.5. The molecule has 0 aliphatic carbocycles. The first kappa shape index (κ1) is 14.4. The van der Waals surface area contributed by atoms with Crippen LogP contribution in [-0.4, -0.2) is 26.3 Å². The number of hydrogen-bond donors (Lipinski definition) is 0. The Morgan fingerprint density at radius 1 is 1.41 bits per heavy atom. The SMILES string of the molecule is CCCN(C)S(=O)(=O)c1ccc(CCl)cc1F. The Hall–Kier alpha value is -0.650. The molecular weight excluding hydrogens is 265 g/mol. The smallest absolute Gasteiger partial charge is 0.207 e. The van der Waals surface area contributed by atoms with Crippen molar-refractivity contribution in [3.8, 4) is 0 Å². The van der Waals surface area contributed by atoms with E-state index in [1.165, 1.54) is 19.2 Å². The Labute approximate surface area is 106 Å². The third-order valence-corrected chi connectivity index (χ3v) is 4.58. The van der Waals surface area contributed by atoms with Crippen molar-refractivity contribution in [2.45, 2.75) is 24.1 Å². The predicted octanol–water partition coefficient (Wildman–Crippen LogP) is 2.60. The van der Waals surface area contributed by atoms with Crippen LogP contribution in [0.5, 0.6) is 0 Å². The van der Waals surface area contributed by atoms with Crippen LogP contribution in [0.4, 0.5) is 4.39 Å². The number of rotatable bonds is 5. The van der Waals surface area contributed by atoms with Crippen molar-refractivity contribution in [2.75, 3.05) is 13.6 Å². The molecular formula is C11H15ClFNO2S. The molecule has 0 atom stereocenters. The third kappa shape index (κ3) is 3.18. The quantitative estimate of drug-likeness (QED) is 0.777. The molecule has 0 saturated heterocycles. The topological polar surface area (TPSA) is 37.4 Å². The lowest BCUT2D eigenvalue weighted by Crippen LogP contribution is -2.28. The van der Waals surface area contributed by atoms with Gasteiger partial charge in [0.05, 0.1) is 0 Å². The van der Waals surface area contributed by atoms with Gasteiger partial charge in [0.2, 0.25) is 10.0 Å². The molecule has 0 fully saturated rings. The molecule has 1 rings (SSSR count). The van der Waals surface area contributed by atoms with Crippen molar-refractivity contribution < 1.29 is 12.8 Å². The molecule has 0 amide bonds. The van der Waals surface area contributed by atoms with Gasteiger partial charge in [-0.2, -0.15) is 0 Å². The standard InChI is InChI=1S/C11H15ClFNO2S/c1-3-6-14(2)17(15,16)11-5-4-9(8-12)7-10(11)13/h4-5,7H,3,6,8H2,1-2H3. The molecule has 17 heavy (non-hydrogen) atoms. The fourth-order valence-corrected chi connectivity index (χ4v) is 2.91. The second kappa shape index (κ2) is 5.80. The van der Waals surface area contributed by atoms with E-state index in [1.54, 1.807) is 0 Å². The van der Waals surface area contributed by atoms with Crippen molar-refractivity contribution in [2.24, 2.45) is 0 Å². The maximum absolute atomic E-state index is 13.7. The van der Waals surface area contributed by atoms with E-state index >= 15 is 0 Å². The first-order valence-electron chi connectivity index (χ1n) is 5.24. The molecule has 0 saturated carbocycles. The maximum Gasteiger partial charge on any atom is 0.245 e. The summed E-state index contributed by atoms with van der Waals surface area (Å²) in [7, 11) is -2.30. The van der Waals surface area contributed by atoms with E-state index in [2.05, 4.69) is 0 Å². The van der Waals surface area contributed by atoms with Gasteiger partial charge in [0, 0.05) is 19.5 Å². The third-order valence-electron chi connectivity index (χ3n) is 2.38. The van der Waals surface area contributed by atoms with Crippen molar-refractivity contribution in [1.82, 2.24) is 4.31 Å². The van der Waals surface area contributed by atoms with Crippen LogP contribution >= 0.6 is 11.6 Å². The minimum absolute atomic E-state index is 0.155. The first-order valence-corrected chi connectivity index (χ1v) is 7.21. The zero-order valence-electron chi connectivity index (χ0n) is 9.78. The number of nitrogens with zero attached hydrogens (tertiary/aromatic N) is 1. The second-order valence-electron chi connectivity index (χ2n) is 3.72. The molecule has 0 aliphatic rings. The number of benzene rings is 1. The molecule has 96 valence electrons. The van der Waals surface area contributed by atoms with Crippen molar-refractivity contribution >= 4 is 21.6 Å². The summed E-state index contributed by atoms with van der Waals surface area (Å²) in [6, 6.07) is 3.93. The zero-order chi connectivity index (χ0) is 13.1. The number of hydrogen-bond acceptors (Lipinski definition) is 2. The molecule has 0 radical (unpaired) electrons. The van der Waals surface area contributed by atoms with Gasteiger partial charge in [-0.25, -0.2) is 17.1 Å². The highest BCUT2D eigenvalue weighted by Crippen LogP contribution is 2.20. The molecule has 0 bridgehead atoms. The van der Waals surface area contributed by atoms with E-state index in [-0.39, 0.29) is 10.8 Å². The van der Waals surface area contributed by atoms with E-state index in [1.807, 2.05) is 6.92 Å². The molecule has 6 heteroatoms. The Balaban J connectivity index is 3.16. The Bertz CT molecular complexity index is 490. The van der Waals surface area contributed by atoms with E-state index in [0.29, 0.717) is 18.5 Å². The molecule has 3 nitrogen and oxygen atoms in total. The van der Waals surface area contributed by atoms with Crippen molar-refractivity contribution in [3.63, 3.8) is 0 Å². The minimum Gasteiger partial charge on any atom is -0.207 e. The van der Waals surface area contributed by atoms with Gasteiger partial charge in [0.25, 0.3) is 0 Å². The van der Waals surface area contributed by atoms with Gasteiger partial charge in [-0.05, 0) is 24.1 Å². The zero-order valence-corrected chi connectivity index (χ0v) is 11.4. The van der Waals surface area contributed by atoms with Gasteiger partial charge in [-0.3, -0.25) is 0 Å². The highest BCUT2D eigenvalue weighted by molar-refractivity contribution is 7.89. The van der Waals surface area contributed by atoms with Gasteiger partial charge in [0.15, 0.2) is 0 Å². The fourth-order valence-electron chi connectivity index (χ4n) is 1.44.